The lowest BCUT2D eigenvalue weighted by Crippen LogP contribution is -2.29. The highest BCUT2D eigenvalue weighted by Gasteiger charge is 2.20. The van der Waals surface area contributed by atoms with Gasteiger partial charge in [0.1, 0.15) is 0 Å². The number of rotatable bonds is 4. The minimum atomic E-state index is -0.154. The third kappa shape index (κ3) is 2.47. The van der Waals surface area contributed by atoms with E-state index in [0.717, 1.165) is 22.6 Å². The summed E-state index contributed by atoms with van der Waals surface area (Å²) < 4.78 is 3.97. The maximum absolute atomic E-state index is 6.18. The summed E-state index contributed by atoms with van der Waals surface area (Å²) in [4.78, 5) is 1.02. The number of hydrazine groups is 1. The molecule has 1 aromatic heterocycles. The molecule has 0 amide bonds. The molecule has 0 saturated carbocycles. The van der Waals surface area contributed by atoms with Crippen molar-refractivity contribution in [3.63, 3.8) is 0 Å². The summed E-state index contributed by atoms with van der Waals surface area (Å²) in [6.45, 7) is 2.04. The molecule has 1 aromatic carbocycles. The molecule has 0 radical (unpaired) electrons. The molecule has 3 N–H and O–H groups in total. The number of aryl methyl sites for hydroxylation is 1. The molecule has 2 aromatic rings. The molecule has 1 unspecified atom stereocenters. The average molecular weight is 269 g/mol. The van der Waals surface area contributed by atoms with E-state index in [1.54, 1.807) is 0 Å². The molecule has 0 bridgehead atoms. The van der Waals surface area contributed by atoms with Crippen LogP contribution in [-0.4, -0.2) is 9.59 Å². The molecule has 0 fully saturated rings. The van der Waals surface area contributed by atoms with E-state index < -0.39 is 0 Å². The van der Waals surface area contributed by atoms with Gasteiger partial charge in [0.25, 0.3) is 0 Å². The van der Waals surface area contributed by atoms with E-state index >= 15 is 0 Å². The molecule has 6 heteroatoms. The van der Waals surface area contributed by atoms with Gasteiger partial charge in [-0.25, -0.2) is 5.43 Å². The Hall–Kier alpha value is -1.01. The Morgan fingerprint density at radius 2 is 2.24 bits per heavy atom. The first-order valence-electron chi connectivity index (χ1n) is 5.29. The van der Waals surface area contributed by atoms with Gasteiger partial charge in [0.15, 0.2) is 0 Å². The van der Waals surface area contributed by atoms with Crippen molar-refractivity contribution in [1.29, 1.82) is 0 Å². The van der Waals surface area contributed by atoms with Gasteiger partial charge in [-0.05, 0) is 29.6 Å². The molecule has 0 aliphatic rings. The normalized spacial score (nSPS) is 12.6. The van der Waals surface area contributed by atoms with Crippen LogP contribution >= 0.6 is 23.1 Å². The summed E-state index contributed by atoms with van der Waals surface area (Å²) in [7, 11) is 0. The van der Waals surface area contributed by atoms with E-state index in [-0.39, 0.29) is 6.04 Å². The first-order valence-corrected chi connectivity index (χ1v) is 6.44. The summed E-state index contributed by atoms with van der Waals surface area (Å²) >= 11 is 7.53. The monoisotopic (exact) mass is 268 g/mol. The van der Waals surface area contributed by atoms with E-state index in [4.69, 9.17) is 17.4 Å². The van der Waals surface area contributed by atoms with Crippen molar-refractivity contribution in [1.82, 2.24) is 15.0 Å². The van der Waals surface area contributed by atoms with E-state index in [1.807, 2.05) is 31.2 Å². The predicted octanol–water partition coefficient (Wildman–Crippen LogP) is 2.31. The van der Waals surface area contributed by atoms with Gasteiger partial charge in [-0.15, -0.1) is 5.10 Å². The zero-order valence-corrected chi connectivity index (χ0v) is 10.9. The van der Waals surface area contributed by atoms with Gasteiger partial charge in [-0.2, -0.15) is 0 Å². The molecule has 2 rings (SSSR count). The summed E-state index contributed by atoms with van der Waals surface area (Å²) in [6.07, 6.45) is 0.828. The number of aromatic nitrogens is 2. The minimum absolute atomic E-state index is 0.154. The van der Waals surface area contributed by atoms with Gasteiger partial charge in [0.05, 0.1) is 16.6 Å². The molecule has 4 nitrogen and oxygen atoms in total. The lowest BCUT2D eigenvalue weighted by molar-refractivity contribution is 0.639. The Labute approximate surface area is 109 Å². The largest absolute Gasteiger partial charge is 0.271 e. The fourth-order valence-corrected chi connectivity index (χ4v) is 2.76. The summed E-state index contributed by atoms with van der Waals surface area (Å²) in [5.41, 5.74) is 4.68. The Balaban J connectivity index is 2.44. The Morgan fingerprint density at radius 1 is 1.47 bits per heavy atom. The smallest absolute Gasteiger partial charge is 0.0851 e. The van der Waals surface area contributed by atoms with Gasteiger partial charge in [0.2, 0.25) is 0 Å². The van der Waals surface area contributed by atoms with E-state index in [2.05, 4.69) is 15.0 Å². The molecular formula is C11H13ClN4S. The molecule has 1 heterocycles. The summed E-state index contributed by atoms with van der Waals surface area (Å²) in [5.74, 6) is 5.63. The number of nitrogens with two attached hydrogens (primary N) is 1. The van der Waals surface area contributed by atoms with Gasteiger partial charge in [-0.3, -0.25) is 5.84 Å². The van der Waals surface area contributed by atoms with Crippen LogP contribution in [0.1, 0.15) is 29.1 Å². The molecule has 17 heavy (non-hydrogen) atoms. The number of benzene rings is 1. The number of hydrogen-bond acceptors (Lipinski definition) is 5. The van der Waals surface area contributed by atoms with E-state index in [9.17, 15) is 0 Å². The van der Waals surface area contributed by atoms with Gasteiger partial charge in [-0.1, -0.05) is 41.2 Å². The molecule has 0 aliphatic carbocycles. The van der Waals surface area contributed by atoms with E-state index in [1.165, 1.54) is 11.5 Å². The maximum atomic E-state index is 6.18. The van der Waals surface area contributed by atoms with Gasteiger partial charge in [0, 0.05) is 5.02 Å². The molecule has 90 valence electrons. The van der Waals surface area contributed by atoms with Crippen molar-refractivity contribution in [2.75, 3.05) is 0 Å². The minimum Gasteiger partial charge on any atom is -0.271 e. The fourth-order valence-electron chi connectivity index (χ4n) is 1.70. The van der Waals surface area contributed by atoms with Crippen LogP contribution in [0.2, 0.25) is 5.02 Å². The third-order valence-corrected chi connectivity index (χ3v) is 3.74. The topological polar surface area (TPSA) is 63.8 Å². The third-order valence-electron chi connectivity index (χ3n) is 2.57. The zero-order chi connectivity index (χ0) is 12.3. The lowest BCUT2D eigenvalue weighted by Gasteiger charge is -2.16. The number of halogens is 1. The molecule has 0 aliphatic heterocycles. The first kappa shape index (κ1) is 12.4. The highest BCUT2D eigenvalue weighted by atomic mass is 35.5. The van der Waals surface area contributed by atoms with Gasteiger partial charge < -0.3 is 0 Å². The standard InChI is InChI=1S/C11H13ClN4S/c1-2-9-11(17-16-15-9)10(14-13)7-5-3-4-6-8(7)12/h3-6,10,14H,2,13H2,1H3. The number of hydrogen-bond donors (Lipinski definition) is 2. The Kier molecular flexibility index (Phi) is 4.06. The number of nitrogens with zero attached hydrogens (tertiary/aromatic N) is 2. The van der Waals surface area contributed by atoms with Crippen LogP contribution in [0.3, 0.4) is 0 Å². The van der Waals surface area contributed by atoms with Crippen LogP contribution in [0.15, 0.2) is 24.3 Å². The molecule has 0 spiro atoms. The van der Waals surface area contributed by atoms with Crippen molar-refractivity contribution < 1.29 is 0 Å². The van der Waals surface area contributed by atoms with Crippen LogP contribution in [0.5, 0.6) is 0 Å². The molecular weight excluding hydrogens is 256 g/mol. The Bertz CT molecular complexity index is 500. The second-order valence-electron chi connectivity index (χ2n) is 3.56. The van der Waals surface area contributed by atoms with Crippen molar-refractivity contribution in [3.8, 4) is 0 Å². The van der Waals surface area contributed by atoms with Crippen molar-refractivity contribution in [2.45, 2.75) is 19.4 Å². The molecule has 0 saturated heterocycles. The van der Waals surface area contributed by atoms with Gasteiger partial charge >= 0.3 is 0 Å². The van der Waals surface area contributed by atoms with Crippen LogP contribution in [0.25, 0.3) is 0 Å². The predicted molar refractivity (Wildman–Crippen MR) is 69.9 cm³/mol. The fraction of sp³-hybridized carbons (Fsp3) is 0.273. The maximum Gasteiger partial charge on any atom is 0.0851 e. The quantitative estimate of drug-likeness (QED) is 0.660. The highest BCUT2D eigenvalue weighted by molar-refractivity contribution is 7.05. The summed E-state index contributed by atoms with van der Waals surface area (Å²) in [5, 5.41) is 4.77. The van der Waals surface area contributed by atoms with Crippen LogP contribution < -0.4 is 11.3 Å². The van der Waals surface area contributed by atoms with E-state index in [0.29, 0.717) is 5.02 Å². The van der Waals surface area contributed by atoms with Crippen molar-refractivity contribution >= 4 is 23.1 Å². The summed E-state index contributed by atoms with van der Waals surface area (Å²) in [6, 6.07) is 7.47. The van der Waals surface area contributed by atoms with Crippen molar-refractivity contribution in [3.05, 3.63) is 45.4 Å². The molecule has 1 atom stereocenters. The second kappa shape index (κ2) is 5.55. The van der Waals surface area contributed by atoms with Crippen LogP contribution in [-0.2, 0) is 6.42 Å². The lowest BCUT2D eigenvalue weighted by atomic mass is 10.0. The zero-order valence-electron chi connectivity index (χ0n) is 9.35. The SMILES string of the molecule is CCc1nnsc1C(NN)c1ccccc1Cl. The van der Waals surface area contributed by atoms with Crippen molar-refractivity contribution in [2.24, 2.45) is 5.84 Å². The number of nitrogens with one attached hydrogen (secondary N) is 1. The van der Waals surface area contributed by atoms with Crippen LogP contribution in [0, 0.1) is 0 Å². The second-order valence-corrected chi connectivity index (χ2v) is 4.75. The van der Waals surface area contributed by atoms with Crippen LogP contribution in [0.4, 0.5) is 0 Å². The Morgan fingerprint density at radius 3 is 2.88 bits per heavy atom. The average Bonchev–Trinajstić information content (AvgIpc) is 2.81. The first-order chi connectivity index (χ1) is 8.27. The highest BCUT2D eigenvalue weighted by Crippen LogP contribution is 2.30.